The van der Waals surface area contributed by atoms with Crippen LogP contribution in [0.1, 0.15) is 33.1 Å². The Bertz CT molecular complexity index is 865. The minimum atomic E-state index is 0.599. The molecule has 1 fully saturated rings. The van der Waals surface area contributed by atoms with Crippen LogP contribution in [0.5, 0.6) is 0 Å². The molecule has 0 saturated carbocycles. The summed E-state index contributed by atoms with van der Waals surface area (Å²) in [7, 11) is 0. The summed E-state index contributed by atoms with van der Waals surface area (Å²) in [5, 5.41) is 4.76. The zero-order valence-corrected chi connectivity index (χ0v) is 14.5. The first-order valence-corrected chi connectivity index (χ1v) is 9.10. The van der Waals surface area contributed by atoms with Gasteiger partial charge in [0.05, 0.1) is 16.9 Å². The second-order valence-electron chi connectivity index (χ2n) is 6.25. The van der Waals surface area contributed by atoms with Gasteiger partial charge in [-0.2, -0.15) is 0 Å². The van der Waals surface area contributed by atoms with Gasteiger partial charge in [0, 0.05) is 12.1 Å². The van der Waals surface area contributed by atoms with Crippen molar-refractivity contribution in [3.8, 4) is 0 Å². The first-order valence-electron chi connectivity index (χ1n) is 7.88. The standard InChI is InChI=1S/C16H20N4S2/c1-11-6-5-7-12(2)18(11)10-19-16(21)20-13-8-3-4-9-14(13)22-15(20)17-19/h3-4,8-9,11-12H,5-7,10H2,1-2H3/t11-,12-/m0/s1. The Morgan fingerprint density at radius 1 is 1.23 bits per heavy atom. The number of piperidine rings is 1. The SMILES string of the molecule is C[C@H]1CCC[C@H](C)N1Cn1nc2sc3ccccc3n2c1=S. The molecule has 0 amide bonds. The Labute approximate surface area is 139 Å². The maximum absolute atomic E-state index is 5.70. The normalized spacial score (nSPS) is 23.5. The van der Waals surface area contributed by atoms with Crippen LogP contribution in [-0.4, -0.2) is 31.2 Å². The van der Waals surface area contributed by atoms with Crippen LogP contribution in [-0.2, 0) is 6.67 Å². The van der Waals surface area contributed by atoms with E-state index in [1.165, 1.54) is 29.5 Å². The third kappa shape index (κ3) is 2.21. The summed E-state index contributed by atoms with van der Waals surface area (Å²) in [5.74, 6) is 0. The fraction of sp³-hybridized carbons (Fsp3) is 0.500. The van der Waals surface area contributed by atoms with E-state index in [-0.39, 0.29) is 0 Å². The predicted molar refractivity (Wildman–Crippen MR) is 94.0 cm³/mol. The summed E-state index contributed by atoms with van der Waals surface area (Å²) in [4.78, 5) is 3.52. The average Bonchev–Trinajstić information content (AvgIpc) is 3.00. The fourth-order valence-corrected chi connectivity index (χ4v) is 4.85. The molecule has 0 aliphatic carbocycles. The van der Waals surface area contributed by atoms with E-state index in [9.17, 15) is 0 Å². The highest BCUT2D eigenvalue weighted by Crippen LogP contribution is 2.27. The van der Waals surface area contributed by atoms with E-state index in [4.69, 9.17) is 17.3 Å². The van der Waals surface area contributed by atoms with Crippen molar-refractivity contribution in [3.05, 3.63) is 29.0 Å². The van der Waals surface area contributed by atoms with Crippen molar-refractivity contribution in [2.75, 3.05) is 0 Å². The van der Waals surface area contributed by atoms with Crippen molar-refractivity contribution in [1.82, 2.24) is 19.1 Å². The van der Waals surface area contributed by atoms with Crippen LogP contribution in [0.15, 0.2) is 24.3 Å². The highest BCUT2D eigenvalue weighted by atomic mass is 32.1. The van der Waals surface area contributed by atoms with E-state index in [1.54, 1.807) is 11.3 Å². The Morgan fingerprint density at radius 2 is 1.95 bits per heavy atom. The van der Waals surface area contributed by atoms with Crippen molar-refractivity contribution in [1.29, 1.82) is 0 Å². The van der Waals surface area contributed by atoms with Crippen LogP contribution < -0.4 is 0 Å². The molecule has 0 radical (unpaired) electrons. The molecule has 4 rings (SSSR count). The lowest BCUT2D eigenvalue weighted by atomic mass is 9.98. The fourth-order valence-electron chi connectivity index (χ4n) is 3.49. The second kappa shape index (κ2) is 5.44. The molecule has 1 saturated heterocycles. The molecule has 1 aromatic carbocycles. The van der Waals surface area contributed by atoms with Gasteiger partial charge in [-0.1, -0.05) is 29.9 Å². The smallest absolute Gasteiger partial charge is 0.216 e. The van der Waals surface area contributed by atoms with Gasteiger partial charge in [0.25, 0.3) is 0 Å². The molecule has 116 valence electrons. The lowest BCUT2D eigenvalue weighted by Gasteiger charge is -2.38. The molecule has 2 aromatic heterocycles. The van der Waals surface area contributed by atoms with Gasteiger partial charge in [0.15, 0.2) is 0 Å². The van der Waals surface area contributed by atoms with Crippen molar-refractivity contribution in [2.24, 2.45) is 0 Å². The number of benzene rings is 1. The summed E-state index contributed by atoms with van der Waals surface area (Å²) in [5.41, 5.74) is 1.17. The molecule has 0 spiro atoms. The summed E-state index contributed by atoms with van der Waals surface area (Å²) in [6.45, 7) is 5.42. The molecule has 0 bridgehead atoms. The van der Waals surface area contributed by atoms with E-state index < -0.39 is 0 Å². The van der Waals surface area contributed by atoms with Gasteiger partial charge >= 0.3 is 0 Å². The molecule has 3 heterocycles. The minimum absolute atomic E-state index is 0.599. The summed E-state index contributed by atoms with van der Waals surface area (Å²) < 4.78 is 6.14. The minimum Gasteiger partial charge on any atom is -0.279 e. The Balaban J connectivity index is 1.76. The van der Waals surface area contributed by atoms with Gasteiger partial charge in [0.2, 0.25) is 9.73 Å². The molecule has 3 aromatic rings. The number of hydrogen-bond donors (Lipinski definition) is 0. The van der Waals surface area contributed by atoms with E-state index in [0.29, 0.717) is 12.1 Å². The first-order chi connectivity index (χ1) is 10.6. The molecule has 6 heteroatoms. The lowest BCUT2D eigenvalue weighted by Crippen LogP contribution is -2.44. The van der Waals surface area contributed by atoms with Gasteiger partial charge in [0.1, 0.15) is 0 Å². The number of rotatable bonds is 2. The van der Waals surface area contributed by atoms with Gasteiger partial charge in [-0.3, -0.25) is 9.30 Å². The Kier molecular flexibility index (Phi) is 3.55. The third-order valence-corrected chi connectivity index (χ3v) is 6.20. The zero-order valence-electron chi connectivity index (χ0n) is 12.9. The van der Waals surface area contributed by atoms with Crippen molar-refractivity contribution >= 4 is 38.7 Å². The molecule has 0 unspecified atom stereocenters. The average molecular weight is 332 g/mol. The van der Waals surface area contributed by atoms with Crippen LogP contribution in [0.3, 0.4) is 0 Å². The number of likely N-dealkylation sites (tertiary alicyclic amines) is 1. The van der Waals surface area contributed by atoms with Crippen LogP contribution in [0.4, 0.5) is 0 Å². The molecule has 2 atom stereocenters. The Hall–Kier alpha value is -1.24. The molecule has 1 aliphatic rings. The van der Waals surface area contributed by atoms with Gasteiger partial charge in [-0.15, -0.1) is 5.10 Å². The number of thiazole rings is 1. The van der Waals surface area contributed by atoms with Gasteiger partial charge in [-0.25, -0.2) is 4.68 Å². The summed E-state index contributed by atoms with van der Waals surface area (Å²) in [6, 6.07) is 9.56. The topological polar surface area (TPSA) is 25.5 Å². The van der Waals surface area contributed by atoms with Crippen LogP contribution in [0.25, 0.3) is 15.2 Å². The largest absolute Gasteiger partial charge is 0.279 e. The number of aromatic nitrogens is 3. The second-order valence-corrected chi connectivity index (χ2v) is 7.63. The van der Waals surface area contributed by atoms with E-state index in [1.807, 2.05) is 4.68 Å². The third-order valence-electron chi connectivity index (χ3n) is 4.79. The van der Waals surface area contributed by atoms with E-state index in [2.05, 4.69) is 47.4 Å². The maximum Gasteiger partial charge on any atom is 0.216 e. The van der Waals surface area contributed by atoms with Crippen molar-refractivity contribution in [2.45, 2.75) is 51.9 Å². The van der Waals surface area contributed by atoms with Crippen LogP contribution in [0, 0.1) is 4.77 Å². The number of fused-ring (bicyclic) bond motifs is 3. The number of para-hydroxylation sites is 1. The highest BCUT2D eigenvalue weighted by Gasteiger charge is 2.25. The van der Waals surface area contributed by atoms with Gasteiger partial charge < -0.3 is 0 Å². The number of nitrogens with zero attached hydrogens (tertiary/aromatic N) is 4. The van der Waals surface area contributed by atoms with E-state index in [0.717, 1.165) is 16.4 Å². The highest BCUT2D eigenvalue weighted by molar-refractivity contribution is 7.71. The maximum atomic E-state index is 5.70. The predicted octanol–water partition coefficient (Wildman–Crippen LogP) is 4.30. The molecule has 0 N–H and O–H groups in total. The molecular formula is C16H20N4S2. The Morgan fingerprint density at radius 3 is 2.73 bits per heavy atom. The number of hydrogen-bond acceptors (Lipinski definition) is 4. The lowest BCUT2D eigenvalue weighted by molar-refractivity contribution is 0.0637. The van der Waals surface area contributed by atoms with E-state index >= 15 is 0 Å². The molecular weight excluding hydrogens is 312 g/mol. The van der Waals surface area contributed by atoms with Crippen LogP contribution in [0.2, 0.25) is 0 Å². The quantitative estimate of drug-likeness (QED) is 0.654. The monoisotopic (exact) mass is 332 g/mol. The first kappa shape index (κ1) is 14.4. The molecule has 4 nitrogen and oxygen atoms in total. The molecule has 22 heavy (non-hydrogen) atoms. The zero-order chi connectivity index (χ0) is 15.3. The summed E-state index contributed by atoms with van der Waals surface area (Å²) in [6.07, 6.45) is 3.86. The van der Waals surface area contributed by atoms with Crippen molar-refractivity contribution in [3.63, 3.8) is 0 Å². The molecule has 1 aliphatic heterocycles. The summed E-state index contributed by atoms with van der Waals surface area (Å²) >= 11 is 7.40. The van der Waals surface area contributed by atoms with Crippen LogP contribution >= 0.6 is 23.6 Å². The van der Waals surface area contributed by atoms with Crippen molar-refractivity contribution < 1.29 is 0 Å². The van der Waals surface area contributed by atoms with Gasteiger partial charge in [-0.05, 0) is 51.0 Å².